The lowest BCUT2D eigenvalue weighted by Crippen LogP contribution is -2.23. The van der Waals surface area contributed by atoms with Crippen molar-refractivity contribution >= 4 is 17.2 Å². The Bertz CT molecular complexity index is 502. The minimum atomic E-state index is -0.160. The van der Waals surface area contributed by atoms with Crippen molar-refractivity contribution in [2.45, 2.75) is 58.8 Å². The van der Waals surface area contributed by atoms with Crippen LogP contribution in [0.2, 0.25) is 0 Å². The average Bonchev–Trinajstić information content (AvgIpc) is 2.27. The van der Waals surface area contributed by atoms with E-state index in [1.54, 1.807) is 0 Å². The van der Waals surface area contributed by atoms with Crippen molar-refractivity contribution in [1.29, 1.82) is 0 Å². The molecule has 3 nitrogen and oxygen atoms in total. The maximum Gasteiger partial charge on any atom is 0.123 e. The van der Waals surface area contributed by atoms with Gasteiger partial charge in [0.1, 0.15) is 10.7 Å². The number of phenolic OH excluding ortho intramolecular Hbond substituents is 1. The molecule has 1 aromatic rings. The molecule has 0 saturated carbocycles. The summed E-state index contributed by atoms with van der Waals surface area (Å²) in [6.07, 6.45) is 0.481. The molecule has 0 amide bonds. The van der Waals surface area contributed by atoms with Crippen LogP contribution in [0, 0.1) is 0 Å². The zero-order valence-electron chi connectivity index (χ0n) is 14.1. The molecule has 0 aliphatic carbocycles. The van der Waals surface area contributed by atoms with Gasteiger partial charge in [-0.1, -0.05) is 65.9 Å². The van der Waals surface area contributed by atoms with Crippen molar-refractivity contribution in [3.63, 3.8) is 0 Å². The van der Waals surface area contributed by atoms with Crippen molar-refractivity contribution < 1.29 is 10.3 Å². The number of rotatable bonds is 2. The first-order chi connectivity index (χ1) is 9.34. The second kappa shape index (κ2) is 5.93. The van der Waals surface area contributed by atoms with Crippen LogP contribution in [0.25, 0.3) is 0 Å². The van der Waals surface area contributed by atoms with E-state index < -0.39 is 0 Å². The fourth-order valence-corrected chi connectivity index (χ4v) is 2.40. The number of hydrogen-bond donors (Lipinski definition) is 2. The lowest BCUT2D eigenvalue weighted by molar-refractivity contribution is 0.0149. The Hall–Kier alpha value is -1.13. The summed E-state index contributed by atoms with van der Waals surface area (Å²) in [7, 11) is 1.53. The normalized spacial score (nSPS) is 12.4. The van der Waals surface area contributed by atoms with Gasteiger partial charge in [-0.15, -0.1) is 0 Å². The standard InChI is InChI=1S/C17H27NO2S/c1-16(2,3)12-8-11(10-14(21)18(7)20)9-13(15(12)19)17(4,5)6/h8-9,19-20H,10H2,1-7H3. The predicted octanol–water partition coefficient (Wildman–Crippen LogP) is 4.18. The zero-order valence-corrected chi connectivity index (χ0v) is 14.9. The first kappa shape index (κ1) is 17.9. The quantitative estimate of drug-likeness (QED) is 0.635. The molecule has 0 aromatic heterocycles. The van der Waals surface area contributed by atoms with Crippen LogP contribution in [-0.2, 0) is 17.3 Å². The second-order valence-electron chi connectivity index (χ2n) is 7.63. The summed E-state index contributed by atoms with van der Waals surface area (Å²) < 4.78 is 0. The molecule has 0 radical (unpaired) electrons. The fourth-order valence-electron chi connectivity index (χ4n) is 2.23. The highest BCUT2D eigenvalue weighted by Gasteiger charge is 2.26. The van der Waals surface area contributed by atoms with Gasteiger partial charge in [-0.3, -0.25) is 10.3 Å². The number of aromatic hydroxyl groups is 1. The van der Waals surface area contributed by atoms with Gasteiger partial charge in [-0.25, -0.2) is 0 Å². The van der Waals surface area contributed by atoms with Crippen molar-refractivity contribution in [2.24, 2.45) is 0 Å². The molecule has 0 aliphatic rings. The minimum Gasteiger partial charge on any atom is -0.507 e. The van der Waals surface area contributed by atoms with Crippen LogP contribution < -0.4 is 0 Å². The molecule has 0 aliphatic heterocycles. The number of thiocarbonyl (C=S) groups is 1. The SMILES string of the molecule is CN(O)C(=S)Cc1cc(C(C)(C)C)c(O)c(C(C)(C)C)c1. The number of hydroxylamine groups is 2. The molecule has 0 fully saturated rings. The molecule has 118 valence electrons. The number of likely N-dealkylation sites (N-methyl/N-ethyl adjacent to an activating group) is 1. The summed E-state index contributed by atoms with van der Waals surface area (Å²) in [5, 5.41) is 21.0. The van der Waals surface area contributed by atoms with Gasteiger partial charge in [0.25, 0.3) is 0 Å². The van der Waals surface area contributed by atoms with E-state index in [-0.39, 0.29) is 10.8 Å². The van der Waals surface area contributed by atoms with Crippen molar-refractivity contribution in [3.05, 3.63) is 28.8 Å². The molecule has 0 atom stereocenters. The third-order valence-corrected chi connectivity index (χ3v) is 3.91. The molecule has 0 saturated heterocycles. The van der Waals surface area contributed by atoms with E-state index >= 15 is 0 Å². The van der Waals surface area contributed by atoms with Crippen molar-refractivity contribution in [1.82, 2.24) is 5.06 Å². The van der Waals surface area contributed by atoms with Gasteiger partial charge in [0, 0.05) is 13.5 Å². The Morgan fingerprint density at radius 3 is 1.71 bits per heavy atom. The maximum absolute atomic E-state index is 10.6. The fraction of sp³-hybridized carbons (Fsp3) is 0.588. The third kappa shape index (κ3) is 4.42. The Labute approximate surface area is 133 Å². The van der Waals surface area contributed by atoms with Crippen molar-refractivity contribution in [2.75, 3.05) is 7.05 Å². The number of phenols is 1. The Morgan fingerprint density at radius 2 is 1.43 bits per heavy atom. The summed E-state index contributed by atoms with van der Waals surface area (Å²) in [6.45, 7) is 12.5. The van der Waals surface area contributed by atoms with Gasteiger partial charge in [0.2, 0.25) is 0 Å². The van der Waals surface area contributed by atoms with Crippen LogP contribution in [-0.4, -0.2) is 27.4 Å². The summed E-state index contributed by atoms with van der Waals surface area (Å²) in [5.41, 5.74) is 2.51. The smallest absolute Gasteiger partial charge is 0.123 e. The molecule has 0 bridgehead atoms. The van der Waals surface area contributed by atoms with Gasteiger partial charge in [-0.2, -0.15) is 0 Å². The van der Waals surface area contributed by atoms with E-state index in [9.17, 15) is 10.3 Å². The molecular weight excluding hydrogens is 282 g/mol. The Morgan fingerprint density at radius 1 is 1.05 bits per heavy atom. The zero-order chi connectivity index (χ0) is 16.6. The summed E-state index contributed by atoms with van der Waals surface area (Å²) in [5.74, 6) is 0.363. The molecule has 21 heavy (non-hydrogen) atoms. The topological polar surface area (TPSA) is 43.7 Å². The average molecular weight is 309 g/mol. The van der Waals surface area contributed by atoms with Crippen LogP contribution in [0.3, 0.4) is 0 Å². The van der Waals surface area contributed by atoms with Crippen LogP contribution >= 0.6 is 12.2 Å². The van der Waals surface area contributed by atoms with Gasteiger partial charge < -0.3 is 5.11 Å². The van der Waals surface area contributed by atoms with Crippen LogP contribution in [0.1, 0.15) is 58.2 Å². The second-order valence-corrected chi connectivity index (χ2v) is 8.10. The number of benzene rings is 1. The van der Waals surface area contributed by atoms with E-state index in [0.717, 1.165) is 21.8 Å². The highest BCUT2D eigenvalue weighted by molar-refractivity contribution is 7.80. The lowest BCUT2D eigenvalue weighted by atomic mass is 9.78. The number of hydrogen-bond acceptors (Lipinski definition) is 3. The molecule has 0 heterocycles. The van der Waals surface area contributed by atoms with E-state index in [4.69, 9.17) is 12.2 Å². The van der Waals surface area contributed by atoms with Gasteiger partial charge in [0.15, 0.2) is 0 Å². The molecular formula is C17H27NO2S. The van der Waals surface area contributed by atoms with E-state index in [2.05, 4.69) is 41.5 Å². The Balaban J connectivity index is 3.44. The first-order valence-electron chi connectivity index (χ1n) is 7.16. The molecule has 0 spiro atoms. The maximum atomic E-state index is 10.6. The summed E-state index contributed by atoms with van der Waals surface area (Å²) >= 11 is 5.18. The third-order valence-electron chi connectivity index (χ3n) is 3.50. The summed E-state index contributed by atoms with van der Waals surface area (Å²) in [6, 6.07) is 3.97. The molecule has 2 N–H and O–H groups in total. The van der Waals surface area contributed by atoms with Crippen LogP contribution in [0.5, 0.6) is 5.75 Å². The Kier molecular flexibility index (Phi) is 5.06. The molecule has 1 aromatic carbocycles. The number of nitrogens with zero attached hydrogens (tertiary/aromatic N) is 1. The molecule has 0 unspecified atom stereocenters. The first-order valence-corrected chi connectivity index (χ1v) is 7.57. The van der Waals surface area contributed by atoms with E-state index in [0.29, 0.717) is 17.2 Å². The predicted molar refractivity (Wildman–Crippen MR) is 91.4 cm³/mol. The monoisotopic (exact) mass is 309 g/mol. The largest absolute Gasteiger partial charge is 0.507 e. The summed E-state index contributed by atoms with van der Waals surface area (Å²) in [4.78, 5) is 0.459. The molecule has 4 heteroatoms. The van der Waals surface area contributed by atoms with Gasteiger partial charge in [-0.05, 0) is 27.5 Å². The van der Waals surface area contributed by atoms with Crippen molar-refractivity contribution in [3.8, 4) is 5.75 Å². The van der Waals surface area contributed by atoms with Gasteiger partial charge in [0.05, 0.1) is 0 Å². The molecule has 1 rings (SSSR count). The van der Waals surface area contributed by atoms with Gasteiger partial charge >= 0.3 is 0 Å². The lowest BCUT2D eigenvalue weighted by Gasteiger charge is -2.28. The minimum absolute atomic E-state index is 0.160. The van der Waals surface area contributed by atoms with E-state index in [1.807, 2.05) is 12.1 Å². The highest BCUT2D eigenvalue weighted by Crippen LogP contribution is 2.39. The van der Waals surface area contributed by atoms with Crippen LogP contribution in [0.4, 0.5) is 0 Å². The van der Waals surface area contributed by atoms with Crippen LogP contribution in [0.15, 0.2) is 12.1 Å². The highest BCUT2D eigenvalue weighted by atomic mass is 32.1. The van der Waals surface area contributed by atoms with E-state index in [1.165, 1.54) is 7.05 Å².